The van der Waals surface area contributed by atoms with Gasteiger partial charge in [0.2, 0.25) is 0 Å². The van der Waals surface area contributed by atoms with Crippen LogP contribution in [0.3, 0.4) is 0 Å². The third-order valence-corrected chi connectivity index (χ3v) is 4.87. The number of nitrogens with zero attached hydrogens (tertiary/aromatic N) is 2. The Labute approximate surface area is 171 Å². The summed E-state index contributed by atoms with van der Waals surface area (Å²) in [4.78, 5) is 10.0. The second-order valence-electron chi connectivity index (χ2n) is 5.35. The molecule has 0 fully saturated rings. The Morgan fingerprint density at radius 3 is 2.40 bits per heavy atom. The van der Waals surface area contributed by atoms with Crippen molar-refractivity contribution in [2.24, 2.45) is 4.99 Å². The fourth-order valence-electron chi connectivity index (χ4n) is 2.25. The summed E-state index contributed by atoms with van der Waals surface area (Å²) in [6.45, 7) is 3.83. The lowest BCUT2D eigenvalue weighted by atomic mass is 10.1. The normalized spacial score (nSPS) is 10.9. The van der Waals surface area contributed by atoms with Crippen molar-refractivity contribution in [3.63, 3.8) is 0 Å². The van der Waals surface area contributed by atoms with Gasteiger partial charge in [-0.2, -0.15) is 0 Å². The Hall–Kier alpha value is -1.35. The molecule has 0 aliphatic rings. The second-order valence-corrected chi connectivity index (χ2v) is 6.55. The van der Waals surface area contributed by atoms with Crippen molar-refractivity contribution in [1.29, 1.82) is 0 Å². The molecular formula is C18H27IN4OS. The van der Waals surface area contributed by atoms with Gasteiger partial charge in [0.15, 0.2) is 5.96 Å². The molecule has 2 aromatic rings. The minimum Gasteiger partial charge on any atom is -0.497 e. The van der Waals surface area contributed by atoms with Crippen LogP contribution in [-0.4, -0.2) is 38.2 Å². The SMILES string of the molecule is CCc1cnc(CCNC(=NC)NCCc2ccc(OC)cc2)s1.I. The fourth-order valence-corrected chi connectivity index (χ4v) is 3.11. The molecule has 5 nitrogen and oxygen atoms in total. The molecule has 0 saturated heterocycles. The van der Waals surface area contributed by atoms with E-state index in [-0.39, 0.29) is 24.0 Å². The summed E-state index contributed by atoms with van der Waals surface area (Å²) in [5.74, 6) is 1.72. The maximum atomic E-state index is 5.17. The third-order valence-electron chi connectivity index (χ3n) is 3.67. The topological polar surface area (TPSA) is 58.5 Å². The van der Waals surface area contributed by atoms with Crippen LogP contribution in [0, 0.1) is 0 Å². The average molecular weight is 474 g/mol. The van der Waals surface area contributed by atoms with Crippen LogP contribution < -0.4 is 15.4 Å². The molecule has 25 heavy (non-hydrogen) atoms. The van der Waals surface area contributed by atoms with Gasteiger partial charge in [-0.05, 0) is 30.5 Å². The van der Waals surface area contributed by atoms with Crippen molar-refractivity contribution in [2.45, 2.75) is 26.2 Å². The van der Waals surface area contributed by atoms with Gasteiger partial charge in [-0.3, -0.25) is 4.99 Å². The van der Waals surface area contributed by atoms with Crippen LogP contribution >= 0.6 is 35.3 Å². The first-order valence-corrected chi connectivity index (χ1v) is 9.07. The van der Waals surface area contributed by atoms with Gasteiger partial charge in [-0.25, -0.2) is 4.98 Å². The predicted molar refractivity (Wildman–Crippen MR) is 117 cm³/mol. The molecule has 1 heterocycles. The van der Waals surface area contributed by atoms with E-state index < -0.39 is 0 Å². The number of aromatic nitrogens is 1. The van der Waals surface area contributed by atoms with Gasteiger partial charge < -0.3 is 15.4 Å². The minimum absolute atomic E-state index is 0. The highest BCUT2D eigenvalue weighted by molar-refractivity contribution is 14.0. The zero-order valence-electron chi connectivity index (χ0n) is 15.0. The zero-order valence-corrected chi connectivity index (χ0v) is 18.2. The quantitative estimate of drug-likeness (QED) is 0.350. The van der Waals surface area contributed by atoms with Gasteiger partial charge in [0, 0.05) is 37.6 Å². The van der Waals surface area contributed by atoms with Crippen LogP contribution in [-0.2, 0) is 19.3 Å². The lowest BCUT2D eigenvalue weighted by Gasteiger charge is -2.11. The molecule has 0 aliphatic carbocycles. The molecule has 0 aliphatic heterocycles. The van der Waals surface area contributed by atoms with Crippen LogP contribution in [0.1, 0.15) is 22.4 Å². The summed E-state index contributed by atoms with van der Waals surface area (Å²) in [5, 5.41) is 7.85. The molecule has 0 unspecified atom stereocenters. The molecule has 0 amide bonds. The van der Waals surface area contributed by atoms with E-state index in [2.05, 4.69) is 39.7 Å². The number of halogens is 1. The number of thiazole rings is 1. The van der Waals surface area contributed by atoms with Crippen molar-refractivity contribution >= 4 is 41.3 Å². The molecule has 0 atom stereocenters. The lowest BCUT2D eigenvalue weighted by Crippen LogP contribution is -2.39. The smallest absolute Gasteiger partial charge is 0.191 e. The zero-order chi connectivity index (χ0) is 17.2. The average Bonchev–Trinajstić information content (AvgIpc) is 3.09. The number of ether oxygens (including phenoxy) is 1. The number of benzene rings is 1. The summed E-state index contributed by atoms with van der Waals surface area (Å²) in [6.07, 6.45) is 4.89. The van der Waals surface area contributed by atoms with Crippen LogP contribution in [0.4, 0.5) is 0 Å². The Morgan fingerprint density at radius 1 is 1.16 bits per heavy atom. The van der Waals surface area contributed by atoms with Crippen LogP contribution in [0.15, 0.2) is 35.5 Å². The van der Waals surface area contributed by atoms with E-state index in [0.717, 1.165) is 44.1 Å². The Balaban J connectivity index is 0.00000312. The molecule has 1 aromatic heterocycles. The largest absolute Gasteiger partial charge is 0.497 e. The van der Waals surface area contributed by atoms with E-state index in [1.165, 1.54) is 15.4 Å². The van der Waals surface area contributed by atoms with Crippen molar-refractivity contribution < 1.29 is 4.74 Å². The molecular weight excluding hydrogens is 447 g/mol. The molecule has 0 spiro atoms. The Morgan fingerprint density at radius 2 is 1.84 bits per heavy atom. The molecule has 2 N–H and O–H groups in total. The van der Waals surface area contributed by atoms with Crippen molar-refractivity contribution in [3.8, 4) is 5.75 Å². The number of rotatable bonds is 8. The van der Waals surface area contributed by atoms with E-state index in [1.54, 1.807) is 25.5 Å². The summed E-state index contributed by atoms with van der Waals surface area (Å²) in [6, 6.07) is 8.15. The van der Waals surface area contributed by atoms with Crippen LogP contribution in [0.2, 0.25) is 0 Å². The molecule has 138 valence electrons. The molecule has 0 saturated carbocycles. The maximum Gasteiger partial charge on any atom is 0.191 e. The molecule has 1 aromatic carbocycles. The fraction of sp³-hybridized carbons (Fsp3) is 0.444. The first-order chi connectivity index (χ1) is 11.7. The van der Waals surface area contributed by atoms with E-state index in [1.807, 2.05) is 18.3 Å². The number of methoxy groups -OCH3 is 1. The van der Waals surface area contributed by atoms with Gasteiger partial charge in [0.05, 0.1) is 12.1 Å². The van der Waals surface area contributed by atoms with Crippen molar-refractivity contribution in [1.82, 2.24) is 15.6 Å². The summed E-state index contributed by atoms with van der Waals surface area (Å²) in [7, 11) is 3.47. The number of hydrogen-bond acceptors (Lipinski definition) is 4. The summed E-state index contributed by atoms with van der Waals surface area (Å²) < 4.78 is 5.17. The number of nitrogens with one attached hydrogen (secondary N) is 2. The van der Waals surface area contributed by atoms with E-state index in [9.17, 15) is 0 Å². The first-order valence-electron chi connectivity index (χ1n) is 8.26. The van der Waals surface area contributed by atoms with Gasteiger partial charge in [0.1, 0.15) is 5.75 Å². The highest BCUT2D eigenvalue weighted by Gasteiger charge is 2.02. The predicted octanol–water partition coefficient (Wildman–Crippen LogP) is 3.28. The molecule has 2 rings (SSSR count). The highest BCUT2D eigenvalue weighted by atomic mass is 127. The second kappa shape index (κ2) is 12.1. The lowest BCUT2D eigenvalue weighted by molar-refractivity contribution is 0.414. The van der Waals surface area contributed by atoms with Gasteiger partial charge in [-0.15, -0.1) is 35.3 Å². The van der Waals surface area contributed by atoms with E-state index in [4.69, 9.17) is 4.74 Å². The van der Waals surface area contributed by atoms with Crippen molar-refractivity contribution in [2.75, 3.05) is 27.2 Å². The Bertz CT molecular complexity index is 643. The number of guanidine groups is 1. The van der Waals surface area contributed by atoms with Crippen LogP contribution in [0.5, 0.6) is 5.75 Å². The molecule has 7 heteroatoms. The van der Waals surface area contributed by atoms with Gasteiger partial charge >= 0.3 is 0 Å². The standard InChI is InChI=1S/C18H26N4OS.HI/c1-4-16-13-22-17(24-16)10-12-21-18(19-2)20-11-9-14-5-7-15(23-3)8-6-14;/h5-8,13H,4,9-12H2,1-3H3,(H2,19,20,21);1H. The monoisotopic (exact) mass is 474 g/mol. The van der Waals surface area contributed by atoms with E-state index >= 15 is 0 Å². The third kappa shape index (κ3) is 7.60. The maximum absolute atomic E-state index is 5.17. The van der Waals surface area contributed by atoms with Gasteiger partial charge in [0.25, 0.3) is 0 Å². The number of aryl methyl sites for hydroxylation is 1. The number of hydrogen-bond donors (Lipinski definition) is 2. The molecule has 0 bridgehead atoms. The highest BCUT2D eigenvalue weighted by Crippen LogP contribution is 2.13. The minimum atomic E-state index is 0. The number of aliphatic imine (C=N–C) groups is 1. The molecule has 0 radical (unpaired) electrons. The first kappa shape index (κ1) is 21.7. The van der Waals surface area contributed by atoms with Crippen LogP contribution in [0.25, 0.3) is 0 Å². The summed E-state index contributed by atoms with van der Waals surface area (Å²) in [5.41, 5.74) is 1.27. The van der Waals surface area contributed by atoms with Gasteiger partial charge in [-0.1, -0.05) is 19.1 Å². The Kier molecular flexibility index (Phi) is 10.5. The van der Waals surface area contributed by atoms with Crippen molar-refractivity contribution in [3.05, 3.63) is 45.9 Å². The summed E-state index contributed by atoms with van der Waals surface area (Å²) >= 11 is 1.79. The van der Waals surface area contributed by atoms with E-state index in [0.29, 0.717) is 0 Å².